The van der Waals surface area contributed by atoms with Crippen LogP contribution in [0.5, 0.6) is 0 Å². The van der Waals surface area contributed by atoms with E-state index in [0.29, 0.717) is 56.6 Å². The minimum Gasteiger partial charge on any atom is -0.378 e. The zero-order chi connectivity index (χ0) is 31.2. The maximum absolute atomic E-state index is 15.8. The van der Waals surface area contributed by atoms with E-state index in [4.69, 9.17) is 4.74 Å². The van der Waals surface area contributed by atoms with Crippen LogP contribution >= 0.6 is 0 Å². The molecular weight excluding hydrogens is 582 g/mol. The molecule has 3 aromatic heterocycles. The molecule has 0 saturated carbocycles. The third kappa shape index (κ3) is 5.76. The van der Waals surface area contributed by atoms with Crippen LogP contribution in [0, 0.1) is 5.82 Å². The van der Waals surface area contributed by atoms with Gasteiger partial charge in [-0.05, 0) is 39.1 Å². The van der Waals surface area contributed by atoms with Crippen molar-refractivity contribution in [3.05, 3.63) is 60.1 Å². The number of ether oxygens (including phenoxy) is 1. The Morgan fingerprint density at radius 3 is 2.36 bits per heavy atom. The number of piperazine rings is 1. The molecule has 11 nitrogen and oxygen atoms in total. The number of halogens is 4. The van der Waals surface area contributed by atoms with Crippen LogP contribution in [0.4, 0.5) is 34.9 Å². The predicted octanol–water partition coefficient (Wildman–Crippen LogP) is 3.96. The summed E-state index contributed by atoms with van der Waals surface area (Å²) in [6.45, 7) is 7.44. The number of carbonyl (C=O) groups is 1. The van der Waals surface area contributed by atoms with E-state index < -0.39 is 29.0 Å². The molecule has 0 spiro atoms. The lowest BCUT2D eigenvalue weighted by atomic mass is 10.0. The summed E-state index contributed by atoms with van der Waals surface area (Å²) in [6.07, 6.45) is 0.391. The highest BCUT2D eigenvalue weighted by Gasteiger charge is 2.37. The maximum Gasteiger partial charge on any atom is 0.417 e. The molecule has 6 rings (SSSR count). The Kier molecular flexibility index (Phi) is 7.84. The monoisotopic (exact) mass is 613 g/mol. The van der Waals surface area contributed by atoms with Crippen molar-refractivity contribution in [1.82, 2.24) is 29.5 Å². The van der Waals surface area contributed by atoms with Crippen LogP contribution in [0.3, 0.4) is 0 Å². The third-order valence-corrected chi connectivity index (χ3v) is 8.26. The fraction of sp³-hybridized carbons (Fsp3) is 0.414. The summed E-state index contributed by atoms with van der Waals surface area (Å²) in [4.78, 5) is 28.5. The second kappa shape index (κ2) is 11.6. The number of nitrogens with one attached hydrogen (secondary N) is 1. The number of morpholine rings is 1. The van der Waals surface area contributed by atoms with Crippen LogP contribution in [-0.2, 0) is 10.9 Å². The number of alkyl halides is 3. The molecule has 2 fully saturated rings. The van der Waals surface area contributed by atoms with Gasteiger partial charge < -0.3 is 19.9 Å². The van der Waals surface area contributed by atoms with Crippen LogP contribution < -0.4 is 15.1 Å². The van der Waals surface area contributed by atoms with E-state index in [2.05, 4.69) is 30.4 Å². The zero-order valence-corrected chi connectivity index (χ0v) is 24.3. The SMILES string of the molecule is C[C@@H]1CN(c2cc(F)c(-c3cnc(N4CCOCC4)nc3)cc2NC(=O)c2cn3cnnc3cc2C(F)(F)F)C[C@H](C)N1C. The average molecular weight is 614 g/mol. The minimum atomic E-state index is -4.83. The molecule has 2 atom stereocenters. The molecule has 232 valence electrons. The van der Waals surface area contributed by atoms with Crippen molar-refractivity contribution in [2.45, 2.75) is 32.1 Å². The normalized spacial score (nSPS) is 19.9. The Morgan fingerprint density at radius 2 is 1.70 bits per heavy atom. The van der Waals surface area contributed by atoms with Crippen LogP contribution in [0.1, 0.15) is 29.8 Å². The van der Waals surface area contributed by atoms with Gasteiger partial charge in [-0.25, -0.2) is 14.4 Å². The topological polar surface area (TPSA) is 104 Å². The molecule has 0 bridgehead atoms. The molecular formula is C29H31F4N9O2. The number of carbonyl (C=O) groups excluding carboxylic acids is 1. The first-order valence-corrected chi connectivity index (χ1v) is 14.2. The molecule has 44 heavy (non-hydrogen) atoms. The number of hydrogen-bond donors (Lipinski definition) is 1. The van der Waals surface area contributed by atoms with Gasteiger partial charge in [0.2, 0.25) is 5.95 Å². The number of amides is 1. The first-order chi connectivity index (χ1) is 21.0. The van der Waals surface area contributed by atoms with Gasteiger partial charge in [0.05, 0.1) is 35.7 Å². The average Bonchev–Trinajstić information content (AvgIpc) is 3.48. The summed E-state index contributed by atoms with van der Waals surface area (Å²) < 4.78 is 64.6. The fourth-order valence-electron chi connectivity index (χ4n) is 5.61. The second-order valence-corrected chi connectivity index (χ2v) is 11.1. The van der Waals surface area contributed by atoms with Gasteiger partial charge in [-0.1, -0.05) is 0 Å². The summed E-state index contributed by atoms with van der Waals surface area (Å²) in [7, 11) is 2.00. The van der Waals surface area contributed by atoms with E-state index in [1.165, 1.54) is 35.3 Å². The summed E-state index contributed by atoms with van der Waals surface area (Å²) in [5.41, 5.74) is -0.879. The van der Waals surface area contributed by atoms with E-state index in [0.717, 1.165) is 12.3 Å². The van der Waals surface area contributed by atoms with Crippen LogP contribution in [0.25, 0.3) is 16.8 Å². The maximum atomic E-state index is 15.8. The van der Waals surface area contributed by atoms with Crippen molar-refractivity contribution >= 4 is 28.9 Å². The van der Waals surface area contributed by atoms with Gasteiger partial charge in [0.1, 0.15) is 12.1 Å². The number of pyridine rings is 1. The number of aromatic nitrogens is 5. The van der Waals surface area contributed by atoms with Gasteiger partial charge in [-0.3, -0.25) is 14.1 Å². The van der Waals surface area contributed by atoms with Gasteiger partial charge >= 0.3 is 6.18 Å². The highest BCUT2D eigenvalue weighted by atomic mass is 19.4. The Labute approximate surface area is 250 Å². The Balaban J connectivity index is 1.40. The summed E-state index contributed by atoms with van der Waals surface area (Å²) in [5, 5.41) is 9.96. The molecule has 2 aliphatic heterocycles. The number of likely N-dealkylation sites (N-methyl/N-ethyl adjacent to an activating group) is 1. The number of benzene rings is 1. The molecule has 2 aliphatic rings. The fourth-order valence-corrected chi connectivity index (χ4v) is 5.61. The lowest BCUT2D eigenvalue weighted by Crippen LogP contribution is -2.55. The van der Waals surface area contributed by atoms with E-state index in [-0.39, 0.29) is 29.0 Å². The number of rotatable bonds is 5. The van der Waals surface area contributed by atoms with E-state index in [1.807, 2.05) is 30.7 Å². The quantitative estimate of drug-likeness (QED) is 0.335. The van der Waals surface area contributed by atoms with Crippen LogP contribution in [0.15, 0.2) is 43.1 Å². The Bertz CT molecular complexity index is 1660. The molecule has 15 heteroatoms. The largest absolute Gasteiger partial charge is 0.417 e. The first-order valence-electron chi connectivity index (χ1n) is 14.2. The molecule has 0 unspecified atom stereocenters. The summed E-state index contributed by atoms with van der Waals surface area (Å²) >= 11 is 0. The zero-order valence-electron chi connectivity index (χ0n) is 24.3. The number of nitrogens with zero attached hydrogens (tertiary/aromatic N) is 8. The number of hydrogen-bond acceptors (Lipinski definition) is 9. The minimum absolute atomic E-state index is 0.0560. The second-order valence-electron chi connectivity index (χ2n) is 11.1. The van der Waals surface area contributed by atoms with Crippen molar-refractivity contribution in [2.24, 2.45) is 0 Å². The molecule has 1 aromatic carbocycles. The lowest BCUT2D eigenvalue weighted by Gasteiger charge is -2.44. The first kappa shape index (κ1) is 29.7. The van der Waals surface area contributed by atoms with Gasteiger partial charge in [-0.2, -0.15) is 13.2 Å². The lowest BCUT2D eigenvalue weighted by molar-refractivity contribution is -0.137. The highest BCUT2D eigenvalue weighted by molar-refractivity contribution is 6.07. The Hall–Kier alpha value is -4.37. The van der Waals surface area contributed by atoms with Crippen molar-refractivity contribution in [3.8, 4) is 11.1 Å². The molecule has 4 aromatic rings. The van der Waals surface area contributed by atoms with Gasteiger partial charge in [0.15, 0.2) is 5.65 Å². The molecule has 0 radical (unpaired) electrons. The van der Waals surface area contributed by atoms with E-state index >= 15 is 4.39 Å². The van der Waals surface area contributed by atoms with Crippen LogP contribution in [0.2, 0.25) is 0 Å². The van der Waals surface area contributed by atoms with Crippen molar-refractivity contribution < 1.29 is 27.1 Å². The smallest absolute Gasteiger partial charge is 0.378 e. The van der Waals surface area contributed by atoms with Crippen molar-refractivity contribution in [3.63, 3.8) is 0 Å². The highest BCUT2D eigenvalue weighted by Crippen LogP contribution is 2.37. The van der Waals surface area contributed by atoms with Crippen molar-refractivity contribution in [2.75, 3.05) is 61.6 Å². The molecule has 1 N–H and O–H groups in total. The van der Waals surface area contributed by atoms with Gasteiger partial charge in [-0.15, -0.1) is 10.2 Å². The Morgan fingerprint density at radius 1 is 1.02 bits per heavy atom. The standard InChI is InChI=1S/C29H31F4N9O2/c1-17-13-41(14-18(2)39(17)3)25-10-23(30)20(19-11-34-28(35-12-19)40-4-6-44-7-5-40)8-24(25)37-27(43)21-15-42-16-36-38-26(42)9-22(21)29(31,32)33/h8-12,15-18H,4-7,13-14H2,1-3H3,(H,37,43)/t17-,18+. The number of anilines is 3. The molecule has 2 saturated heterocycles. The van der Waals surface area contributed by atoms with E-state index in [9.17, 15) is 18.0 Å². The van der Waals surface area contributed by atoms with Gasteiger partial charge in [0.25, 0.3) is 5.91 Å². The molecule has 1 amide bonds. The summed E-state index contributed by atoms with van der Waals surface area (Å²) in [5.74, 6) is -1.12. The van der Waals surface area contributed by atoms with E-state index in [1.54, 1.807) is 0 Å². The van der Waals surface area contributed by atoms with Crippen LogP contribution in [-0.4, -0.2) is 93.9 Å². The predicted molar refractivity (Wildman–Crippen MR) is 155 cm³/mol. The molecule has 5 heterocycles. The van der Waals surface area contributed by atoms with Crippen molar-refractivity contribution in [1.29, 1.82) is 0 Å². The third-order valence-electron chi connectivity index (χ3n) is 8.26. The molecule has 0 aliphatic carbocycles. The van der Waals surface area contributed by atoms with Gasteiger partial charge in [0, 0.05) is 68.0 Å². The summed E-state index contributed by atoms with van der Waals surface area (Å²) in [6, 6.07) is 3.70. The number of fused-ring (bicyclic) bond motifs is 1.